The van der Waals surface area contributed by atoms with Gasteiger partial charge in [0.1, 0.15) is 0 Å². The van der Waals surface area contributed by atoms with E-state index in [0.717, 1.165) is 0 Å². The molecular weight excluding hydrogens is 113 g/mol. The van der Waals surface area contributed by atoms with Gasteiger partial charge in [0.15, 0.2) is 0 Å². The lowest BCUT2D eigenvalue weighted by molar-refractivity contribution is -1.63. The van der Waals surface area contributed by atoms with Gasteiger partial charge in [-0.1, -0.05) is 0 Å². The Hall–Kier alpha value is 0.0900. The summed E-state index contributed by atoms with van der Waals surface area (Å²) in [5.74, 6) is 3.50. The first-order valence-corrected chi connectivity index (χ1v) is 1.69. The number of hydrogen-bond acceptors (Lipinski definition) is 5. The van der Waals surface area contributed by atoms with Crippen LogP contribution in [0.25, 0.3) is 0 Å². The maximum atomic E-state index is 8.52. The minimum atomic E-state index is -2.60. The van der Waals surface area contributed by atoms with Gasteiger partial charge in [-0.25, -0.2) is 5.90 Å². The standard InChI is InChI=1S/ClHO3.H3NO/c2-1(3)4;1-2/h2H;2H,1H2. The van der Waals surface area contributed by atoms with Crippen molar-refractivity contribution in [2.75, 3.05) is 0 Å². The third-order valence-corrected chi connectivity index (χ3v) is 0. The van der Waals surface area contributed by atoms with Crippen molar-refractivity contribution in [3.63, 3.8) is 0 Å². The van der Waals surface area contributed by atoms with Crippen molar-refractivity contribution >= 4 is 0 Å². The lowest BCUT2D eigenvalue weighted by atomic mass is 13.6. The van der Waals surface area contributed by atoms with Gasteiger partial charge < -0.3 is 14.5 Å². The molecule has 0 radical (unpaired) electrons. The second-order valence-electron chi connectivity index (χ2n) is 0.201. The summed E-state index contributed by atoms with van der Waals surface area (Å²) in [6.07, 6.45) is 0. The molecule has 0 amide bonds. The van der Waals surface area contributed by atoms with Crippen LogP contribution in [0, 0.1) is 10.8 Å². The quantitative estimate of drug-likeness (QED) is 0.284. The van der Waals surface area contributed by atoms with E-state index in [-0.39, 0.29) is 0 Å². The van der Waals surface area contributed by atoms with E-state index in [1.165, 1.54) is 0 Å². The average molecular weight is 117 g/mol. The monoisotopic (exact) mass is 117 g/mol. The van der Waals surface area contributed by atoms with Crippen molar-refractivity contribution in [3.8, 4) is 0 Å². The third-order valence-electron chi connectivity index (χ3n) is 0. The van der Waals surface area contributed by atoms with Crippen LogP contribution in [-0.2, 0) is 0 Å². The molecule has 4 N–H and O–H groups in total. The van der Waals surface area contributed by atoms with Gasteiger partial charge in [0.05, 0.1) is 0 Å². The summed E-state index contributed by atoms with van der Waals surface area (Å²) in [6.45, 7) is 0. The lowest BCUT2D eigenvalue weighted by Crippen LogP contribution is -2.30. The minimum absolute atomic E-state index is 2.60. The van der Waals surface area contributed by atoms with E-state index in [1.807, 2.05) is 0 Å². The summed E-state index contributed by atoms with van der Waals surface area (Å²) < 4.78 is 24.0. The molecule has 0 aromatic carbocycles. The highest BCUT2D eigenvalue weighted by atomic mass is 35.6. The maximum absolute atomic E-state index is 8.52. The Kier molecular flexibility index (Phi) is 14.0. The smallest absolute Gasteiger partial charge is 0.282 e. The fourth-order valence-electron chi connectivity index (χ4n) is 0. The minimum Gasteiger partial charge on any atom is -0.321 e. The Labute approximate surface area is 37.0 Å². The molecule has 0 fully saturated rings. The zero-order valence-electron chi connectivity index (χ0n) is 2.67. The number of hydrogen-bond donors (Lipinski definition) is 3. The molecule has 6 heavy (non-hydrogen) atoms. The first kappa shape index (κ1) is 9.43. The van der Waals surface area contributed by atoms with Gasteiger partial charge in [-0.15, -0.1) is 0 Å². The molecule has 0 saturated heterocycles. The summed E-state index contributed by atoms with van der Waals surface area (Å²) in [4.78, 5) is 0. The van der Waals surface area contributed by atoms with Crippen LogP contribution in [0.5, 0.6) is 0 Å². The molecule has 0 aliphatic heterocycles. The van der Waals surface area contributed by atoms with Gasteiger partial charge in [0.2, 0.25) is 0 Å². The van der Waals surface area contributed by atoms with Gasteiger partial charge in [0, 0.05) is 4.66 Å². The number of halogens is 1. The number of rotatable bonds is 0. The van der Waals surface area contributed by atoms with Crippen LogP contribution in [-0.4, -0.2) is 9.87 Å². The van der Waals surface area contributed by atoms with Crippen molar-refractivity contribution < 1.29 is 30.0 Å². The Morgan fingerprint density at radius 3 is 1.33 bits per heavy atom. The van der Waals surface area contributed by atoms with Crippen molar-refractivity contribution in [1.82, 2.24) is 0 Å². The maximum Gasteiger partial charge on any atom is 0.282 e. The Morgan fingerprint density at radius 2 is 1.33 bits per heavy atom. The predicted molar refractivity (Wildman–Crippen MR) is 8.19 cm³/mol. The van der Waals surface area contributed by atoms with Crippen LogP contribution in [0.15, 0.2) is 0 Å². The first-order chi connectivity index (χ1) is 2.73. The van der Waals surface area contributed by atoms with E-state index in [0.29, 0.717) is 0 Å². The average Bonchev–Trinajstić information content (AvgIpc) is 1.41. The SMILES string of the molecule is NO.[O-][Cl+2]([O-])O. The Bertz CT molecular complexity index is 12.3. The van der Waals surface area contributed by atoms with Gasteiger partial charge in [0.25, 0.3) is 10.8 Å². The highest BCUT2D eigenvalue weighted by Crippen LogP contribution is 1.38. The molecule has 0 aromatic rings. The topological polar surface area (TPSA) is 113 Å². The normalized spacial score (nSPS) is 7.00. The zero-order chi connectivity index (χ0) is 5.58. The molecule has 0 aliphatic carbocycles. The van der Waals surface area contributed by atoms with Gasteiger partial charge in [-0.3, -0.25) is 0 Å². The van der Waals surface area contributed by atoms with Crippen molar-refractivity contribution in [3.05, 3.63) is 0 Å². The van der Waals surface area contributed by atoms with E-state index >= 15 is 0 Å². The van der Waals surface area contributed by atoms with Crippen LogP contribution in [0.1, 0.15) is 0 Å². The molecule has 0 spiro atoms. The molecule has 0 unspecified atom stereocenters. The van der Waals surface area contributed by atoms with Crippen LogP contribution in [0.3, 0.4) is 0 Å². The molecule has 6 heteroatoms. The first-order valence-electron chi connectivity index (χ1n) is 0.736. The lowest BCUT2D eigenvalue weighted by Gasteiger charge is -1.72. The van der Waals surface area contributed by atoms with Crippen LogP contribution in [0.4, 0.5) is 0 Å². The van der Waals surface area contributed by atoms with Crippen molar-refractivity contribution in [2.45, 2.75) is 0 Å². The number of nitrogens with two attached hydrogens (primary N) is 1. The molecule has 0 rings (SSSR count). The molecule has 0 saturated carbocycles. The molecule has 0 heterocycles. The molecule has 0 atom stereocenters. The highest BCUT2D eigenvalue weighted by molar-refractivity contribution is 2.77. The van der Waals surface area contributed by atoms with Gasteiger partial charge in [-0.2, -0.15) is 0 Å². The zero-order valence-corrected chi connectivity index (χ0v) is 3.42. The second-order valence-corrected chi connectivity index (χ2v) is 0.603. The van der Waals surface area contributed by atoms with Gasteiger partial charge in [-0.05, 0) is 0 Å². The van der Waals surface area contributed by atoms with E-state index in [1.54, 1.807) is 0 Å². The second kappa shape index (κ2) is 8.92. The van der Waals surface area contributed by atoms with E-state index in [4.69, 9.17) is 19.2 Å². The molecule has 0 bridgehead atoms. The highest BCUT2D eigenvalue weighted by Gasteiger charge is 1.79. The largest absolute Gasteiger partial charge is 0.321 e. The predicted octanol–water partition coefficient (Wildman–Crippen LogP) is -3.60. The summed E-state index contributed by atoms with van der Waals surface area (Å²) >= 11 is 0. The summed E-state index contributed by atoms with van der Waals surface area (Å²) in [5, 5.41) is 6.50. The Morgan fingerprint density at radius 1 is 1.33 bits per heavy atom. The summed E-state index contributed by atoms with van der Waals surface area (Å²) in [7, 11) is -2.60. The van der Waals surface area contributed by atoms with Crippen molar-refractivity contribution in [1.29, 1.82) is 0 Å². The third kappa shape index (κ3) is 4820. The molecule has 0 aromatic heterocycles. The molecule has 0 aliphatic rings. The van der Waals surface area contributed by atoms with Crippen LogP contribution >= 0.6 is 0 Å². The van der Waals surface area contributed by atoms with E-state index in [9.17, 15) is 0 Å². The Balaban J connectivity index is 0. The van der Waals surface area contributed by atoms with Crippen LogP contribution in [0.2, 0.25) is 0 Å². The fraction of sp³-hybridized carbons (Fsp3) is 0. The van der Waals surface area contributed by atoms with Gasteiger partial charge >= 0.3 is 0 Å². The van der Waals surface area contributed by atoms with E-state index < -0.39 is 10.8 Å². The molecular formula is H4ClNO4. The summed E-state index contributed by atoms with van der Waals surface area (Å²) in [6, 6.07) is 0. The summed E-state index contributed by atoms with van der Waals surface area (Å²) in [5.41, 5.74) is 0. The molecule has 5 nitrogen and oxygen atoms in total. The van der Waals surface area contributed by atoms with Crippen LogP contribution < -0.4 is 15.2 Å². The van der Waals surface area contributed by atoms with E-state index in [2.05, 4.69) is 5.90 Å². The molecule has 40 valence electrons. The fourth-order valence-corrected chi connectivity index (χ4v) is 0. The van der Waals surface area contributed by atoms with Crippen molar-refractivity contribution in [2.24, 2.45) is 5.90 Å².